The van der Waals surface area contributed by atoms with Crippen LogP contribution in [0.25, 0.3) is 11.6 Å². The van der Waals surface area contributed by atoms with Crippen molar-refractivity contribution in [3.63, 3.8) is 0 Å². The molecule has 22 heavy (non-hydrogen) atoms. The number of fused-ring (bicyclic) bond motifs is 1. The number of hydrogen-bond acceptors (Lipinski definition) is 4. The molecule has 3 rings (SSSR count). The summed E-state index contributed by atoms with van der Waals surface area (Å²) in [5.41, 5.74) is 2.77. The highest BCUT2D eigenvalue weighted by Crippen LogP contribution is 2.36. The van der Waals surface area contributed by atoms with Crippen molar-refractivity contribution in [1.82, 2.24) is 4.57 Å². The van der Waals surface area contributed by atoms with Crippen LogP contribution >= 0.6 is 27.3 Å². The van der Waals surface area contributed by atoms with Gasteiger partial charge in [0.05, 0.1) is 10.6 Å². The molecule has 0 radical (unpaired) electrons. The summed E-state index contributed by atoms with van der Waals surface area (Å²) in [6, 6.07) is 5.84. The molecule has 1 aliphatic rings. The molecule has 4 nitrogen and oxygen atoms in total. The van der Waals surface area contributed by atoms with Gasteiger partial charge in [0.2, 0.25) is 5.88 Å². The third-order valence-corrected chi connectivity index (χ3v) is 5.16. The number of benzene rings is 1. The highest BCUT2D eigenvalue weighted by Gasteiger charge is 2.18. The van der Waals surface area contributed by atoms with E-state index in [9.17, 15) is 9.90 Å². The number of hydrogen-bond donors (Lipinski definition) is 1. The minimum Gasteiger partial charge on any atom is -0.493 e. The van der Waals surface area contributed by atoms with Crippen LogP contribution in [0.1, 0.15) is 36.8 Å². The molecule has 1 aliphatic heterocycles. The summed E-state index contributed by atoms with van der Waals surface area (Å²) in [5.74, 6) is 0.0358. The minimum atomic E-state index is -0.136. The van der Waals surface area contributed by atoms with E-state index >= 15 is 0 Å². The highest BCUT2D eigenvalue weighted by atomic mass is 79.9. The quantitative estimate of drug-likeness (QED) is 0.847. The second kappa shape index (κ2) is 5.85. The molecule has 0 fully saturated rings. The highest BCUT2D eigenvalue weighted by molar-refractivity contribution is 9.10. The first-order valence-electron chi connectivity index (χ1n) is 7.01. The van der Waals surface area contributed by atoms with Crippen molar-refractivity contribution in [1.29, 1.82) is 0 Å². The van der Waals surface area contributed by atoms with E-state index in [1.807, 2.05) is 38.1 Å². The van der Waals surface area contributed by atoms with Crippen LogP contribution in [0.3, 0.4) is 0 Å². The van der Waals surface area contributed by atoms with Crippen LogP contribution in [0.4, 0.5) is 5.69 Å². The van der Waals surface area contributed by atoms with Crippen LogP contribution in [0.15, 0.2) is 32.5 Å². The minimum absolute atomic E-state index is 0.0189. The van der Waals surface area contributed by atoms with Gasteiger partial charge >= 0.3 is 4.87 Å². The molecule has 1 aromatic carbocycles. The lowest BCUT2D eigenvalue weighted by Crippen LogP contribution is -2.16. The van der Waals surface area contributed by atoms with E-state index in [-0.39, 0.29) is 16.8 Å². The van der Waals surface area contributed by atoms with Crippen LogP contribution in [0, 0.1) is 0 Å². The fourth-order valence-corrected chi connectivity index (χ4v) is 3.67. The van der Waals surface area contributed by atoms with E-state index in [1.54, 1.807) is 6.21 Å². The Balaban J connectivity index is 2.07. The second-order valence-electron chi connectivity index (χ2n) is 5.20. The molecular formula is C16H15BrN2O2S. The summed E-state index contributed by atoms with van der Waals surface area (Å²) in [4.78, 5) is 16.9. The third-order valence-electron chi connectivity index (χ3n) is 3.77. The molecule has 1 N–H and O–H groups in total. The third kappa shape index (κ3) is 2.57. The molecule has 1 unspecified atom stereocenters. The number of allylic oxidation sites excluding steroid dienone is 1. The molecule has 1 aromatic heterocycles. The molecule has 2 aromatic rings. The monoisotopic (exact) mass is 378 g/mol. The Morgan fingerprint density at radius 2 is 2.27 bits per heavy atom. The van der Waals surface area contributed by atoms with Gasteiger partial charge < -0.3 is 5.11 Å². The number of nitrogens with zero attached hydrogens (tertiary/aromatic N) is 2. The van der Waals surface area contributed by atoms with Crippen LogP contribution in [0.2, 0.25) is 0 Å². The Labute approximate surface area is 140 Å². The molecule has 2 heterocycles. The van der Waals surface area contributed by atoms with E-state index in [0.29, 0.717) is 4.88 Å². The van der Waals surface area contributed by atoms with Crippen LogP contribution in [-0.4, -0.2) is 15.9 Å². The molecule has 114 valence electrons. The van der Waals surface area contributed by atoms with Gasteiger partial charge in [0.15, 0.2) is 0 Å². The zero-order valence-corrected chi connectivity index (χ0v) is 14.6. The van der Waals surface area contributed by atoms with Gasteiger partial charge in [-0.05, 0) is 37.6 Å². The van der Waals surface area contributed by atoms with Gasteiger partial charge in [-0.3, -0.25) is 14.4 Å². The predicted octanol–water partition coefficient (Wildman–Crippen LogP) is 4.61. The van der Waals surface area contributed by atoms with Crippen molar-refractivity contribution < 1.29 is 5.11 Å². The maximum atomic E-state index is 12.1. The molecule has 6 heteroatoms. The molecule has 0 saturated heterocycles. The smallest absolute Gasteiger partial charge is 0.310 e. The zero-order valence-electron chi connectivity index (χ0n) is 12.2. The van der Waals surface area contributed by atoms with Crippen molar-refractivity contribution in [3.8, 4) is 5.88 Å². The summed E-state index contributed by atoms with van der Waals surface area (Å²) in [7, 11) is 0. The van der Waals surface area contributed by atoms with Gasteiger partial charge in [0.25, 0.3) is 0 Å². The molecule has 1 atom stereocenters. The molecule has 0 spiro atoms. The topological polar surface area (TPSA) is 54.6 Å². The van der Waals surface area contributed by atoms with Crippen molar-refractivity contribution in [2.45, 2.75) is 26.3 Å². The normalized spacial score (nSPS) is 16.2. The van der Waals surface area contributed by atoms with Crippen molar-refractivity contribution >= 4 is 50.8 Å². The Morgan fingerprint density at radius 1 is 1.50 bits per heavy atom. The Kier molecular flexibility index (Phi) is 4.06. The molecular weight excluding hydrogens is 364 g/mol. The Hall–Kier alpha value is -1.66. The summed E-state index contributed by atoms with van der Waals surface area (Å²) >= 11 is 4.51. The van der Waals surface area contributed by atoms with Crippen molar-refractivity contribution in [3.05, 3.63) is 42.8 Å². The molecule has 0 bridgehead atoms. The molecule has 0 aliphatic carbocycles. The van der Waals surface area contributed by atoms with Gasteiger partial charge in [-0.1, -0.05) is 34.2 Å². The van der Waals surface area contributed by atoms with E-state index in [1.165, 1.54) is 4.57 Å². The van der Waals surface area contributed by atoms with Crippen LogP contribution < -0.4 is 4.87 Å². The largest absolute Gasteiger partial charge is 0.493 e. The first-order valence-corrected chi connectivity index (χ1v) is 8.62. The number of aromatic nitrogens is 1. The lowest BCUT2D eigenvalue weighted by molar-refractivity contribution is 0.381. The van der Waals surface area contributed by atoms with Crippen LogP contribution in [-0.2, 0) is 0 Å². The van der Waals surface area contributed by atoms with E-state index in [0.717, 1.165) is 39.1 Å². The van der Waals surface area contributed by atoms with Gasteiger partial charge in [-0.25, -0.2) is 0 Å². The van der Waals surface area contributed by atoms with Gasteiger partial charge in [-0.2, -0.15) is 0 Å². The number of rotatable bonds is 3. The van der Waals surface area contributed by atoms with Gasteiger partial charge in [0, 0.05) is 27.9 Å². The zero-order chi connectivity index (χ0) is 15.9. The van der Waals surface area contributed by atoms with E-state index in [2.05, 4.69) is 20.9 Å². The molecule has 0 amide bonds. The fourth-order valence-electron chi connectivity index (χ4n) is 2.38. The standard InChI is InChI=1S/C16H15BrN2O2S/c1-3-9(2)19-15(20)14(22-16(19)21)6-10-8-18-13-5-4-11(17)7-12(10)13/h4-9,20H,3H2,1-2H3/b10-6+. The Bertz CT molecular complexity index is 848. The average molecular weight is 379 g/mol. The van der Waals surface area contributed by atoms with Crippen LogP contribution in [0.5, 0.6) is 5.88 Å². The predicted molar refractivity (Wildman–Crippen MR) is 95.4 cm³/mol. The average Bonchev–Trinajstić information content (AvgIpc) is 3.00. The number of aliphatic imine (C=N–C) groups is 1. The van der Waals surface area contributed by atoms with Crippen molar-refractivity contribution in [2.75, 3.05) is 0 Å². The second-order valence-corrected chi connectivity index (χ2v) is 7.11. The maximum Gasteiger partial charge on any atom is 0.310 e. The number of thiazole rings is 1. The first-order chi connectivity index (χ1) is 10.5. The summed E-state index contributed by atoms with van der Waals surface area (Å²) in [6.07, 6.45) is 4.37. The maximum absolute atomic E-state index is 12.1. The number of aromatic hydroxyl groups is 1. The van der Waals surface area contributed by atoms with Crippen molar-refractivity contribution in [2.24, 2.45) is 4.99 Å². The summed E-state index contributed by atoms with van der Waals surface area (Å²) < 4.78 is 2.42. The van der Waals surface area contributed by atoms with E-state index < -0.39 is 0 Å². The molecule has 0 saturated carbocycles. The fraction of sp³-hybridized carbons (Fsp3) is 0.250. The van der Waals surface area contributed by atoms with Gasteiger partial charge in [0.1, 0.15) is 0 Å². The van der Waals surface area contributed by atoms with E-state index in [4.69, 9.17) is 0 Å². The summed E-state index contributed by atoms with van der Waals surface area (Å²) in [5, 5.41) is 10.3. The lowest BCUT2D eigenvalue weighted by atomic mass is 10.1. The SMILES string of the molecule is CCC(C)n1c(O)c(/C=C2\C=Nc3ccc(Br)cc32)sc1=O. The Morgan fingerprint density at radius 3 is 3.00 bits per heavy atom. The number of halogens is 1. The summed E-state index contributed by atoms with van der Waals surface area (Å²) in [6.45, 7) is 3.91. The first kappa shape index (κ1) is 15.2. The van der Waals surface area contributed by atoms with Gasteiger partial charge in [-0.15, -0.1) is 0 Å². The lowest BCUT2D eigenvalue weighted by Gasteiger charge is -2.10.